The predicted octanol–water partition coefficient (Wildman–Crippen LogP) is 3.92. The maximum atomic E-state index is 13.7. The van der Waals surface area contributed by atoms with Gasteiger partial charge in [-0.25, -0.2) is 13.5 Å². The molecule has 36 heavy (non-hydrogen) atoms. The highest BCUT2D eigenvalue weighted by atomic mass is 19.1. The molecule has 0 bridgehead atoms. The van der Waals surface area contributed by atoms with Gasteiger partial charge in [0.15, 0.2) is 5.82 Å². The molecule has 1 aromatic heterocycles. The first-order valence-corrected chi connectivity index (χ1v) is 11.9. The van der Waals surface area contributed by atoms with Gasteiger partial charge in [0.25, 0.3) is 0 Å². The molecule has 1 saturated heterocycles. The zero-order valence-corrected chi connectivity index (χ0v) is 20.1. The molecule has 7 nitrogen and oxygen atoms in total. The molecule has 2 heterocycles. The third kappa shape index (κ3) is 5.42. The Bertz CT molecular complexity index is 1270. The van der Waals surface area contributed by atoms with E-state index in [0.29, 0.717) is 12.4 Å². The van der Waals surface area contributed by atoms with Gasteiger partial charge in [-0.2, -0.15) is 0 Å². The fourth-order valence-electron chi connectivity index (χ4n) is 4.71. The lowest BCUT2D eigenvalue weighted by Gasteiger charge is -2.39. The van der Waals surface area contributed by atoms with Crippen molar-refractivity contribution in [3.63, 3.8) is 0 Å². The highest BCUT2D eigenvalue weighted by Crippen LogP contribution is 2.29. The fourth-order valence-corrected chi connectivity index (χ4v) is 4.71. The molecule has 4 aromatic rings. The molecule has 0 saturated carbocycles. The second-order valence-corrected chi connectivity index (χ2v) is 8.90. The zero-order chi connectivity index (χ0) is 24.9. The van der Waals surface area contributed by atoms with Crippen LogP contribution < -0.4 is 4.74 Å². The van der Waals surface area contributed by atoms with Crippen molar-refractivity contribution in [3.05, 3.63) is 107 Å². The Morgan fingerprint density at radius 2 is 1.50 bits per heavy atom. The Labute approximate surface area is 208 Å². The Morgan fingerprint density at radius 1 is 0.833 bits per heavy atom. The number of methoxy groups -OCH3 is 1. The van der Waals surface area contributed by atoms with Crippen molar-refractivity contribution < 1.29 is 13.5 Å². The number of piperazine rings is 1. The molecule has 9 heteroatoms. The number of hydrogen-bond acceptors (Lipinski definition) is 6. The Hall–Kier alpha value is -3.69. The van der Waals surface area contributed by atoms with Gasteiger partial charge in [0, 0.05) is 38.3 Å². The van der Waals surface area contributed by atoms with E-state index >= 15 is 0 Å². The van der Waals surface area contributed by atoms with Crippen LogP contribution >= 0.6 is 0 Å². The Balaban J connectivity index is 1.37. The number of rotatable bonds is 8. The summed E-state index contributed by atoms with van der Waals surface area (Å²) in [6.07, 6.45) is 0. The van der Waals surface area contributed by atoms with Gasteiger partial charge in [0.05, 0.1) is 19.7 Å². The van der Waals surface area contributed by atoms with Gasteiger partial charge in [-0.15, -0.1) is 5.10 Å². The highest BCUT2D eigenvalue weighted by Gasteiger charge is 2.31. The van der Waals surface area contributed by atoms with Crippen LogP contribution in [0.15, 0.2) is 72.8 Å². The molecule has 0 amide bonds. The molecule has 1 aliphatic heterocycles. The lowest BCUT2D eigenvalue weighted by molar-refractivity contribution is 0.0997. The zero-order valence-electron chi connectivity index (χ0n) is 20.1. The van der Waals surface area contributed by atoms with E-state index in [1.54, 1.807) is 36.1 Å². The molecule has 1 aliphatic rings. The summed E-state index contributed by atoms with van der Waals surface area (Å²) in [6.45, 7) is 4.52. The van der Waals surface area contributed by atoms with E-state index in [2.05, 4.69) is 31.4 Å². The number of benzene rings is 3. The molecule has 186 valence electrons. The van der Waals surface area contributed by atoms with Gasteiger partial charge < -0.3 is 4.74 Å². The van der Waals surface area contributed by atoms with Crippen molar-refractivity contribution in [2.75, 3.05) is 33.3 Å². The van der Waals surface area contributed by atoms with Gasteiger partial charge >= 0.3 is 0 Å². The van der Waals surface area contributed by atoms with Gasteiger partial charge in [-0.3, -0.25) is 9.80 Å². The monoisotopic (exact) mass is 490 g/mol. The smallest absolute Gasteiger partial charge is 0.173 e. The van der Waals surface area contributed by atoms with E-state index < -0.39 is 0 Å². The number of nitrogens with zero attached hydrogens (tertiary/aromatic N) is 6. The third-order valence-electron chi connectivity index (χ3n) is 6.59. The summed E-state index contributed by atoms with van der Waals surface area (Å²) in [5.41, 5.74) is 2.97. The molecule has 0 N–H and O–H groups in total. The van der Waals surface area contributed by atoms with Crippen molar-refractivity contribution in [3.8, 4) is 5.75 Å². The van der Waals surface area contributed by atoms with E-state index in [-0.39, 0.29) is 17.7 Å². The van der Waals surface area contributed by atoms with Crippen molar-refractivity contribution in [2.24, 2.45) is 0 Å². The van der Waals surface area contributed by atoms with E-state index in [4.69, 9.17) is 4.74 Å². The van der Waals surface area contributed by atoms with Crippen molar-refractivity contribution in [1.29, 1.82) is 0 Å². The summed E-state index contributed by atoms with van der Waals surface area (Å²) in [7, 11) is 1.69. The Morgan fingerprint density at radius 3 is 2.19 bits per heavy atom. The molecule has 0 spiro atoms. The number of para-hydroxylation sites is 1. The van der Waals surface area contributed by atoms with Crippen LogP contribution in [0.5, 0.6) is 5.75 Å². The quantitative estimate of drug-likeness (QED) is 0.373. The van der Waals surface area contributed by atoms with Gasteiger partial charge in [0.2, 0.25) is 0 Å². The lowest BCUT2D eigenvalue weighted by atomic mass is 10.0. The molecule has 0 aliphatic carbocycles. The topological polar surface area (TPSA) is 59.3 Å². The molecule has 1 atom stereocenters. The third-order valence-corrected chi connectivity index (χ3v) is 6.59. The normalized spacial score (nSPS) is 15.6. The summed E-state index contributed by atoms with van der Waals surface area (Å²) >= 11 is 0. The molecular weight excluding hydrogens is 462 g/mol. The minimum Gasteiger partial charge on any atom is -0.496 e. The van der Waals surface area contributed by atoms with Crippen molar-refractivity contribution in [1.82, 2.24) is 30.0 Å². The van der Waals surface area contributed by atoms with Gasteiger partial charge in [-0.05, 0) is 51.9 Å². The van der Waals surface area contributed by atoms with Crippen LogP contribution in [0.4, 0.5) is 8.78 Å². The second-order valence-electron chi connectivity index (χ2n) is 8.90. The van der Waals surface area contributed by atoms with Crippen LogP contribution in [-0.4, -0.2) is 63.3 Å². The largest absolute Gasteiger partial charge is 0.496 e. The minimum atomic E-state index is -0.287. The van der Waals surface area contributed by atoms with Crippen molar-refractivity contribution in [2.45, 2.75) is 19.1 Å². The first-order valence-electron chi connectivity index (χ1n) is 11.9. The maximum absolute atomic E-state index is 13.7. The lowest BCUT2D eigenvalue weighted by Crippen LogP contribution is -2.48. The second kappa shape index (κ2) is 10.9. The van der Waals surface area contributed by atoms with Crippen LogP contribution in [-0.2, 0) is 13.1 Å². The summed E-state index contributed by atoms with van der Waals surface area (Å²) < 4.78 is 34.4. The first kappa shape index (κ1) is 24.0. The molecular formula is C27H28F2N6O. The number of aromatic nitrogens is 4. The summed E-state index contributed by atoms with van der Waals surface area (Å²) in [6, 6.07) is 20.7. The number of halogens is 2. The van der Waals surface area contributed by atoms with E-state index in [9.17, 15) is 8.78 Å². The highest BCUT2D eigenvalue weighted by molar-refractivity contribution is 5.33. The van der Waals surface area contributed by atoms with Crippen LogP contribution in [0.25, 0.3) is 0 Å². The van der Waals surface area contributed by atoms with Crippen LogP contribution in [0.3, 0.4) is 0 Å². The summed E-state index contributed by atoms with van der Waals surface area (Å²) in [5, 5.41) is 12.5. The van der Waals surface area contributed by atoms with Gasteiger partial charge in [-0.1, -0.05) is 42.5 Å². The van der Waals surface area contributed by atoms with Gasteiger partial charge in [0.1, 0.15) is 17.4 Å². The SMILES string of the molecule is COc1ccccc1CN1CCN([C@H](c2ccc(F)cc2)c2nnnn2Cc2ccc(F)cc2)CC1. The van der Waals surface area contributed by atoms with Crippen LogP contribution in [0.2, 0.25) is 0 Å². The first-order chi connectivity index (χ1) is 17.6. The van der Waals surface area contributed by atoms with Crippen molar-refractivity contribution >= 4 is 0 Å². The summed E-state index contributed by atoms with van der Waals surface area (Å²) in [5.74, 6) is 0.990. The van der Waals surface area contributed by atoms with Crippen LogP contribution in [0.1, 0.15) is 28.6 Å². The molecule has 1 fully saturated rings. The minimum absolute atomic E-state index is 0.241. The predicted molar refractivity (Wildman–Crippen MR) is 131 cm³/mol. The summed E-state index contributed by atoms with van der Waals surface area (Å²) in [4.78, 5) is 4.73. The number of ether oxygens (including phenoxy) is 1. The van der Waals surface area contributed by atoms with Crippen LogP contribution in [0, 0.1) is 11.6 Å². The average Bonchev–Trinajstić information content (AvgIpc) is 3.35. The standard InChI is InChI=1S/C27H28F2N6O/c1-36-25-5-3-2-4-22(25)19-33-14-16-34(17-15-33)26(21-8-12-24(29)13-9-21)27-30-31-32-35(27)18-20-6-10-23(28)11-7-20/h2-13,26H,14-19H2,1H3/t26-/m1/s1. The molecule has 0 unspecified atom stereocenters. The fraction of sp³-hybridized carbons (Fsp3) is 0.296. The van der Waals surface area contributed by atoms with E-state index in [1.807, 2.05) is 18.2 Å². The van der Waals surface area contributed by atoms with E-state index in [0.717, 1.165) is 55.2 Å². The molecule has 5 rings (SSSR count). The average molecular weight is 491 g/mol. The molecule has 0 radical (unpaired) electrons. The number of tetrazole rings is 1. The number of hydrogen-bond donors (Lipinski definition) is 0. The maximum Gasteiger partial charge on any atom is 0.173 e. The molecule has 3 aromatic carbocycles. The Kier molecular flexibility index (Phi) is 7.29. The van der Waals surface area contributed by atoms with E-state index in [1.165, 1.54) is 24.3 Å².